The van der Waals surface area contributed by atoms with Crippen LogP contribution in [0.4, 0.5) is 5.13 Å². The van der Waals surface area contributed by atoms with Crippen LogP contribution in [0.5, 0.6) is 0 Å². The van der Waals surface area contributed by atoms with E-state index in [0.29, 0.717) is 22.3 Å². The third kappa shape index (κ3) is 4.55. The van der Waals surface area contributed by atoms with Crippen LogP contribution in [0, 0.1) is 17.4 Å². The van der Waals surface area contributed by atoms with Crippen LogP contribution in [0.1, 0.15) is 41.3 Å². The summed E-state index contributed by atoms with van der Waals surface area (Å²) in [5, 5.41) is 10.6. The molecule has 0 fully saturated rings. The Morgan fingerprint density at radius 2 is 1.86 bits per heavy atom. The molecule has 0 aliphatic rings. The van der Waals surface area contributed by atoms with E-state index in [1.165, 1.54) is 26.0 Å². The monoisotopic (exact) mass is 525 g/mol. The zero-order chi connectivity index (χ0) is 20.3. The lowest BCUT2D eigenvalue weighted by Crippen LogP contribution is -2.32. The van der Waals surface area contributed by atoms with Crippen LogP contribution in [0.15, 0.2) is 36.4 Å². The molecule has 0 N–H and O–H groups in total. The van der Waals surface area contributed by atoms with E-state index < -0.39 is 0 Å². The highest BCUT2D eigenvalue weighted by Crippen LogP contribution is 2.33. The summed E-state index contributed by atoms with van der Waals surface area (Å²) in [6.45, 7) is 6.87. The molecule has 0 saturated carbocycles. The van der Waals surface area contributed by atoms with E-state index in [1.54, 1.807) is 17.0 Å². The molecule has 3 rings (SSSR count). The second kappa shape index (κ2) is 9.33. The van der Waals surface area contributed by atoms with Crippen molar-refractivity contribution in [3.8, 4) is 10.6 Å². The van der Waals surface area contributed by atoms with Crippen LogP contribution in [-0.2, 0) is 0 Å². The Labute approximate surface area is 188 Å². The number of amides is 1. The molecular weight excluding hydrogens is 505 g/mol. The topological polar surface area (TPSA) is 46.1 Å². The fourth-order valence-corrected chi connectivity index (χ4v) is 4.28. The lowest BCUT2D eigenvalue weighted by atomic mass is 10.1. The van der Waals surface area contributed by atoms with Gasteiger partial charge in [0, 0.05) is 15.7 Å². The van der Waals surface area contributed by atoms with Crippen molar-refractivity contribution in [3.05, 3.63) is 61.7 Å². The zero-order valence-corrected chi connectivity index (χ0v) is 19.7. The fraction of sp³-hybridized carbons (Fsp3) is 0.286. The molecule has 2 aromatic carbocycles. The highest BCUT2D eigenvalue weighted by molar-refractivity contribution is 14.1. The van der Waals surface area contributed by atoms with E-state index in [4.69, 9.17) is 11.6 Å². The summed E-state index contributed by atoms with van der Waals surface area (Å²) in [4.78, 5) is 14.8. The summed E-state index contributed by atoms with van der Waals surface area (Å²) in [5.41, 5.74) is 3.93. The van der Waals surface area contributed by atoms with Crippen LogP contribution >= 0.6 is 45.5 Å². The van der Waals surface area contributed by atoms with E-state index in [1.807, 2.05) is 12.1 Å². The summed E-state index contributed by atoms with van der Waals surface area (Å²) >= 11 is 10.0. The number of aromatic nitrogens is 2. The number of nitrogens with zero attached hydrogens (tertiary/aromatic N) is 3. The van der Waals surface area contributed by atoms with Gasteiger partial charge in [0.1, 0.15) is 5.01 Å². The van der Waals surface area contributed by atoms with Crippen LogP contribution < -0.4 is 4.90 Å². The van der Waals surface area contributed by atoms with Gasteiger partial charge in [-0.25, -0.2) is 0 Å². The number of halogens is 2. The number of anilines is 1. The summed E-state index contributed by atoms with van der Waals surface area (Å²) in [6.07, 6.45) is 1.86. The molecule has 0 bridgehead atoms. The van der Waals surface area contributed by atoms with Gasteiger partial charge < -0.3 is 0 Å². The van der Waals surface area contributed by atoms with Gasteiger partial charge in [0.15, 0.2) is 0 Å². The highest BCUT2D eigenvalue weighted by atomic mass is 127. The molecule has 0 aliphatic carbocycles. The summed E-state index contributed by atoms with van der Waals surface area (Å²) in [7, 11) is 0. The van der Waals surface area contributed by atoms with Gasteiger partial charge in [0.2, 0.25) is 5.13 Å². The molecular formula is C21H21ClIN3OS. The molecule has 146 valence electrons. The van der Waals surface area contributed by atoms with Crippen LogP contribution in [0.3, 0.4) is 0 Å². The van der Waals surface area contributed by atoms with Crippen LogP contribution in [-0.4, -0.2) is 22.6 Å². The van der Waals surface area contributed by atoms with Gasteiger partial charge in [-0.05, 0) is 78.3 Å². The quantitative estimate of drug-likeness (QED) is 0.344. The molecule has 4 nitrogen and oxygen atoms in total. The smallest absolute Gasteiger partial charge is 0.261 e. The Morgan fingerprint density at radius 1 is 1.18 bits per heavy atom. The number of unbranched alkanes of at least 4 members (excludes halogenated alkanes) is 1. The molecule has 0 unspecified atom stereocenters. The van der Waals surface area contributed by atoms with E-state index in [0.717, 1.165) is 23.4 Å². The number of hydrogen-bond donors (Lipinski definition) is 0. The molecule has 28 heavy (non-hydrogen) atoms. The molecule has 1 amide bonds. The zero-order valence-electron chi connectivity index (χ0n) is 16.0. The number of carbonyl (C=O) groups is 1. The lowest BCUT2D eigenvalue weighted by Gasteiger charge is -2.19. The molecule has 0 saturated heterocycles. The number of aryl methyl sites for hydroxylation is 2. The van der Waals surface area contributed by atoms with Crippen molar-refractivity contribution in [2.75, 3.05) is 11.4 Å². The van der Waals surface area contributed by atoms with E-state index in [2.05, 4.69) is 65.7 Å². The summed E-state index contributed by atoms with van der Waals surface area (Å²) in [6, 6.07) is 11.4. The molecule has 1 heterocycles. The Kier molecular flexibility index (Phi) is 7.06. The third-order valence-corrected chi connectivity index (χ3v) is 7.44. The predicted octanol–water partition coefficient (Wildman–Crippen LogP) is 6.53. The van der Waals surface area contributed by atoms with Crippen molar-refractivity contribution in [1.29, 1.82) is 0 Å². The minimum Gasteiger partial charge on any atom is -0.283 e. The first kappa shape index (κ1) is 21.2. The van der Waals surface area contributed by atoms with Gasteiger partial charge in [-0.2, -0.15) is 0 Å². The van der Waals surface area contributed by atoms with E-state index in [-0.39, 0.29) is 5.91 Å². The molecule has 0 atom stereocenters. The first-order chi connectivity index (χ1) is 13.4. The average Bonchev–Trinajstić information content (AvgIpc) is 3.16. The Balaban J connectivity index is 1.96. The Bertz CT molecular complexity index is 982. The van der Waals surface area contributed by atoms with Gasteiger partial charge in [-0.1, -0.05) is 48.4 Å². The SMILES string of the molecule is CCCCN(C(=O)c1ccccc1Cl)c1nnc(-c2cc(C)c(I)c(C)c2)s1. The number of hydrogen-bond acceptors (Lipinski definition) is 4. The van der Waals surface area contributed by atoms with Crippen molar-refractivity contribution in [1.82, 2.24) is 10.2 Å². The number of rotatable bonds is 6. The van der Waals surface area contributed by atoms with Gasteiger partial charge in [-0.3, -0.25) is 9.69 Å². The predicted molar refractivity (Wildman–Crippen MR) is 126 cm³/mol. The fourth-order valence-electron chi connectivity index (χ4n) is 2.89. The average molecular weight is 526 g/mol. The van der Waals surface area contributed by atoms with Crippen molar-refractivity contribution >= 4 is 56.6 Å². The molecule has 3 aromatic rings. The number of carbonyl (C=O) groups excluding carboxylic acids is 1. The first-order valence-electron chi connectivity index (χ1n) is 9.09. The minimum absolute atomic E-state index is 0.142. The van der Waals surface area contributed by atoms with Gasteiger partial charge in [0.25, 0.3) is 5.91 Å². The number of benzene rings is 2. The van der Waals surface area contributed by atoms with Crippen molar-refractivity contribution in [3.63, 3.8) is 0 Å². The minimum atomic E-state index is -0.142. The molecule has 0 spiro atoms. The van der Waals surface area contributed by atoms with Crippen LogP contribution in [0.2, 0.25) is 5.02 Å². The van der Waals surface area contributed by atoms with Crippen LogP contribution in [0.25, 0.3) is 10.6 Å². The third-order valence-electron chi connectivity index (χ3n) is 4.41. The highest BCUT2D eigenvalue weighted by Gasteiger charge is 2.23. The van der Waals surface area contributed by atoms with E-state index in [9.17, 15) is 4.79 Å². The maximum Gasteiger partial charge on any atom is 0.261 e. The van der Waals surface area contributed by atoms with Gasteiger partial charge in [-0.15, -0.1) is 10.2 Å². The Hall–Kier alpha value is -1.51. The van der Waals surface area contributed by atoms with E-state index >= 15 is 0 Å². The lowest BCUT2D eigenvalue weighted by molar-refractivity contribution is 0.0986. The maximum atomic E-state index is 13.2. The molecule has 1 aromatic heterocycles. The van der Waals surface area contributed by atoms with Gasteiger partial charge >= 0.3 is 0 Å². The van der Waals surface area contributed by atoms with Crippen molar-refractivity contribution in [2.45, 2.75) is 33.6 Å². The van der Waals surface area contributed by atoms with Gasteiger partial charge in [0.05, 0.1) is 10.6 Å². The van der Waals surface area contributed by atoms with Crippen molar-refractivity contribution < 1.29 is 4.79 Å². The summed E-state index contributed by atoms with van der Waals surface area (Å²) < 4.78 is 1.25. The summed E-state index contributed by atoms with van der Waals surface area (Å²) in [5.74, 6) is -0.142. The maximum absolute atomic E-state index is 13.2. The second-order valence-electron chi connectivity index (χ2n) is 6.60. The largest absolute Gasteiger partial charge is 0.283 e. The normalized spacial score (nSPS) is 10.9. The van der Waals surface area contributed by atoms with Crippen molar-refractivity contribution in [2.24, 2.45) is 0 Å². The standard InChI is InChI=1S/C21H21ClIN3OS/c1-4-5-10-26(20(27)16-8-6-7-9-17(16)22)21-25-24-19(28-21)15-11-13(2)18(23)14(3)12-15/h6-9,11-12H,4-5,10H2,1-3H3. The molecule has 0 aliphatic heterocycles. The second-order valence-corrected chi connectivity index (χ2v) is 9.05. The Morgan fingerprint density at radius 3 is 2.50 bits per heavy atom. The molecule has 0 radical (unpaired) electrons. The molecule has 7 heteroatoms. The first-order valence-corrected chi connectivity index (χ1v) is 11.4.